The van der Waals surface area contributed by atoms with Gasteiger partial charge in [0.15, 0.2) is 0 Å². The average molecular weight is 234 g/mol. The highest BCUT2D eigenvalue weighted by Gasteiger charge is 2.27. The van der Waals surface area contributed by atoms with Crippen LogP contribution in [0.15, 0.2) is 22.8 Å². The Morgan fingerprint density at radius 1 is 1.41 bits per heavy atom. The summed E-state index contributed by atoms with van der Waals surface area (Å²) in [4.78, 5) is 10.3. The van der Waals surface area contributed by atoms with Crippen molar-refractivity contribution in [1.82, 2.24) is 0 Å². The van der Waals surface area contributed by atoms with E-state index in [0.29, 0.717) is 11.8 Å². The molecule has 1 heteroatoms. The molecule has 0 saturated carbocycles. The zero-order valence-corrected chi connectivity index (χ0v) is 11.8. The zero-order chi connectivity index (χ0) is 12.9. The molecule has 0 heterocycles. The second-order valence-corrected chi connectivity index (χ2v) is 5.95. The molecule has 0 atom stereocenters. The Morgan fingerprint density at radius 3 is 2.71 bits per heavy atom. The van der Waals surface area contributed by atoms with Crippen molar-refractivity contribution in [3.63, 3.8) is 0 Å². The number of carbonyl (C=O) groups excluding carboxylic acids is 1. The molecule has 1 rings (SSSR count). The minimum Gasteiger partial charge on any atom is -0.303 e. The molecule has 1 nitrogen and oxygen atoms in total. The molecule has 0 aromatic carbocycles. The molecular formula is C16H26O. The normalized spacial score (nSPS) is 20.6. The molecule has 1 aliphatic rings. The lowest BCUT2D eigenvalue weighted by atomic mass is 9.71. The second-order valence-electron chi connectivity index (χ2n) is 5.95. The summed E-state index contributed by atoms with van der Waals surface area (Å²) in [7, 11) is 0. The Balaban J connectivity index is 2.63. The van der Waals surface area contributed by atoms with Gasteiger partial charge in [-0.15, -0.1) is 0 Å². The fourth-order valence-corrected chi connectivity index (χ4v) is 2.90. The summed E-state index contributed by atoms with van der Waals surface area (Å²) in [5.74, 6) is 0. The van der Waals surface area contributed by atoms with Gasteiger partial charge in [-0.1, -0.05) is 36.6 Å². The maximum atomic E-state index is 10.3. The van der Waals surface area contributed by atoms with Crippen LogP contribution >= 0.6 is 0 Å². The molecule has 0 spiro atoms. The van der Waals surface area contributed by atoms with Gasteiger partial charge in [0.2, 0.25) is 0 Å². The molecule has 0 saturated heterocycles. The van der Waals surface area contributed by atoms with Crippen molar-refractivity contribution in [2.45, 2.75) is 66.2 Å². The van der Waals surface area contributed by atoms with E-state index in [2.05, 4.69) is 33.8 Å². The predicted octanol–water partition coefficient (Wildman–Crippen LogP) is 4.83. The Kier molecular flexibility index (Phi) is 5.17. The molecule has 0 bridgehead atoms. The van der Waals surface area contributed by atoms with Gasteiger partial charge in [-0.05, 0) is 51.4 Å². The summed E-state index contributed by atoms with van der Waals surface area (Å²) in [6.07, 6.45) is 9.78. The molecule has 0 aliphatic heterocycles. The van der Waals surface area contributed by atoms with Crippen molar-refractivity contribution >= 4 is 6.29 Å². The van der Waals surface area contributed by atoms with Gasteiger partial charge in [-0.25, -0.2) is 0 Å². The number of rotatable bonds is 5. The van der Waals surface area contributed by atoms with Crippen LogP contribution in [0.3, 0.4) is 0 Å². The topological polar surface area (TPSA) is 17.1 Å². The fraction of sp³-hybridized carbons (Fsp3) is 0.688. The van der Waals surface area contributed by atoms with E-state index >= 15 is 0 Å². The van der Waals surface area contributed by atoms with Crippen LogP contribution in [-0.2, 0) is 4.79 Å². The first kappa shape index (κ1) is 14.2. The van der Waals surface area contributed by atoms with Crippen LogP contribution in [-0.4, -0.2) is 6.29 Å². The highest BCUT2D eigenvalue weighted by atomic mass is 16.1. The first-order chi connectivity index (χ1) is 7.97. The zero-order valence-electron chi connectivity index (χ0n) is 11.8. The third-order valence-corrected chi connectivity index (χ3v) is 4.02. The Hall–Kier alpha value is -0.850. The van der Waals surface area contributed by atoms with Gasteiger partial charge in [0, 0.05) is 6.42 Å². The maximum absolute atomic E-state index is 10.3. The smallest absolute Gasteiger partial charge is 0.123 e. The molecule has 0 radical (unpaired) electrons. The quantitative estimate of drug-likeness (QED) is 0.492. The Labute approximate surface area is 106 Å². The minimum absolute atomic E-state index is 0.382. The first-order valence-corrected chi connectivity index (χ1v) is 6.76. The average Bonchev–Trinajstić information content (AvgIpc) is 2.24. The van der Waals surface area contributed by atoms with Gasteiger partial charge in [0.05, 0.1) is 0 Å². The summed E-state index contributed by atoms with van der Waals surface area (Å²) in [6, 6.07) is 0. The summed E-state index contributed by atoms with van der Waals surface area (Å²) >= 11 is 0. The van der Waals surface area contributed by atoms with Crippen molar-refractivity contribution in [2.24, 2.45) is 5.41 Å². The molecule has 0 amide bonds. The maximum Gasteiger partial charge on any atom is 0.123 e. The summed E-state index contributed by atoms with van der Waals surface area (Å²) < 4.78 is 0. The highest BCUT2D eigenvalue weighted by Crippen LogP contribution is 2.42. The SMILES string of the molecule is CC1=C(CC/C(C)=C/CC=O)C(C)(C)CCC1. The van der Waals surface area contributed by atoms with Gasteiger partial charge in [-0.3, -0.25) is 0 Å². The van der Waals surface area contributed by atoms with Gasteiger partial charge in [-0.2, -0.15) is 0 Å². The fourth-order valence-electron chi connectivity index (χ4n) is 2.90. The van der Waals surface area contributed by atoms with Crippen LogP contribution in [0.5, 0.6) is 0 Å². The molecular weight excluding hydrogens is 208 g/mol. The summed E-state index contributed by atoms with van der Waals surface area (Å²) in [5, 5.41) is 0. The van der Waals surface area contributed by atoms with E-state index in [1.165, 1.54) is 31.3 Å². The number of hydrogen-bond donors (Lipinski definition) is 0. The molecule has 0 unspecified atom stereocenters. The van der Waals surface area contributed by atoms with Crippen LogP contribution in [0.1, 0.15) is 66.2 Å². The van der Waals surface area contributed by atoms with Gasteiger partial charge < -0.3 is 4.79 Å². The van der Waals surface area contributed by atoms with Crippen LogP contribution in [0.4, 0.5) is 0 Å². The van der Waals surface area contributed by atoms with Gasteiger partial charge >= 0.3 is 0 Å². The predicted molar refractivity (Wildman–Crippen MR) is 74.0 cm³/mol. The third kappa shape index (κ3) is 4.14. The van der Waals surface area contributed by atoms with Gasteiger partial charge in [0.25, 0.3) is 0 Å². The minimum atomic E-state index is 0.382. The largest absolute Gasteiger partial charge is 0.303 e. The molecule has 0 N–H and O–H groups in total. The lowest BCUT2D eigenvalue weighted by Gasteiger charge is -2.34. The van der Waals surface area contributed by atoms with Crippen LogP contribution in [0.25, 0.3) is 0 Å². The lowest BCUT2D eigenvalue weighted by molar-refractivity contribution is -0.107. The number of allylic oxidation sites excluding steroid dienone is 4. The molecule has 17 heavy (non-hydrogen) atoms. The van der Waals surface area contributed by atoms with Crippen LogP contribution in [0, 0.1) is 5.41 Å². The molecule has 0 aromatic heterocycles. The van der Waals surface area contributed by atoms with E-state index in [0.717, 1.165) is 12.7 Å². The number of hydrogen-bond acceptors (Lipinski definition) is 1. The van der Waals surface area contributed by atoms with Gasteiger partial charge in [0.1, 0.15) is 6.29 Å². The van der Waals surface area contributed by atoms with Crippen molar-refractivity contribution in [2.75, 3.05) is 0 Å². The molecule has 96 valence electrons. The lowest BCUT2D eigenvalue weighted by Crippen LogP contribution is -2.20. The number of aldehydes is 1. The van der Waals surface area contributed by atoms with E-state index in [9.17, 15) is 4.79 Å². The van der Waals surface area contributed by atoms with Crippen molar-refractivity contribution in [3.05, 3.63) is 22.8 Å². The van der Waals surface area contributed by atoms with Crippen LogP contribution in [0.2, 0.25) is 0 Å². The highest BCUT2D eigenvalue weighted by molar-refractivity contribution is 5.52. The van der Waals surface area contributed by atoms with E-state index in [1.54, 1.807) is 11.1 Å². The third-order valence-electron chi connectivity index (χ3n) is 4.02. The molecule has 0 fully saturated rings. The second kappa shape index (κ2) is 6.18. The summed E-state index contributed by atoms with van der Waals surface area (Å²) in [6.45, 7) is 9.17. The van der Waals surface area contributed by atoms with E-state index in [4.69, 9.17) is 0 Å². The van der Waals surface area contributed by atoms with Crippen LogP contribution < -0.4 is 0 Å². The first-order valence-electron chi connectivity index (χ1n) is 6.76. The molecule has 1 aliphatic carbocycles. The summed E-state index contributed by atoms with van der Waals surface area (Å²) in [5.41, 5.74) is 4.98. The molecule has 0 aromatic rings. The van der Waals surface area contributed by atoms with E-state index in [1.807, 2.05) is 0 Å². The Bertz CT molecular complexity index is 331. The number of carbonyl (C=O) groups is 1. The van der Waals surface area contributed by atoms with E-state index in [-0.39, 0.29) is 0 Å². The monoisotopic (exact) mass is 234 g/mol. The Morgan fingerprint density at radius 2 is 2.12 bits per heavy atom. The standard InChI is InChI=1S/C16H26O/c1-13(7-6-12-17)9-10-15-14(2)8-5-11-16(15,3)4/h7,12H,5-6,8-11H2,1-4H3/b13-7+. The van der Waals surface area contributed by atoms with Crippen molar-refractivity contribution in [3.8, 4) is 0 Å². The van der Waals surface area contributed by atoms with Crippen molar-refractivity contribution in [1.29, 1.82) is 0 Å². The van der Waals surface area contributed by atoms with Crippen molar-refractivity contribution < 1.29 is 4.79 Å². The van der Waals surface area contributed by atoms with E-state index < -0.39 is 0 Å².